The van der Waals surface area contributed by atoms with Gasteiger partial charge in [-0.15, -0.1) is 11.3 Å². The third kappa shape index (κ3) is 6.78. The lowest BCUT2D eigenvalue weighted by Gasteiger charge is -2.23. The van der Waals surface area contributed by atoms with Gasteiger partial charge in [0.15, 0.2) is 10.8 Å². The van der Waals surface area contributed by atoms with Gasteiger partial charge >= 0.3 is 0 Å². The van der Waals surface area contributed by atoms with E-state index in [1.807, 2.05) is 59.4 Å². The zero-order valence-corrected chi connectivity index (χ0v) is 25.0. The van der Waals surface area contributed by atoms with Gasteiger partial charge in [-0.05, 0) is 31.5 Å². The number of hydrogen-bond acceptors (Lipinski definition) is 8. The number of nitrogens with one attached hydrogen (secondary N) is 2. The Bertz CT molecular complexity index is 1750. The highest BCUT2D eigenvalue weighted by molar-refractivity contribution is 7.15. The molecule has 44 heavy (non-hydrogen) atoms. The summed E-state index contributed by atoms with van der Waals surface area (Å²) in [5, 5.41) is 12.5. The molecule has 0 unspecified atom stereocenters. The van der Waals surface area contributed by atoms with Crippen molar-refractivity contribution >= 4 is 34.0 Å². The molecule has 2 N–H and O–H groups in total. The summed E-state index contributed by atoms with van der Waals surface area (Å²) in [6, 6.07) is 16.1. The SMILES string of the molecule is C[C@@H]1NC(=O)CN(C(=O)Cc2cn3ccsc3n2)CCCNC(=O)c2cccc(c2)OCCn2nc(-c3ccccc3)nc21. The maximum absolute atomic E-state index is 13.4. The van der Waals surface area contributed by atoms with E-state index >= 15 is 0 Å². The fourth-order valence-electron chi connectivity index (χ4n) is 5.04. The number of fused-ring (bicyclic) bond motifs is 4. The highest BCUT2D eigenvalue weighted by atomic mass is 32.1. The monoisotopic (exact) mass is 612 g/mol. The van der Waals surface area contributed by atoms with Crippen molar-refractivity contribution in [3.8, 4) is 17.1 Å². The lowest BCUT2D eigenvalue weighted by atomic mass is 10.2. The third-order valence-electron chi connectivity index (χ3n) is 7.22. The van der Waals surface area contributed by atoms with Crippen LogP contribution in [0.4, 0.5) is 0 Å². The molecule has 0 spiro atoms. The topological polar surface area (TPSA) is 136 Å². The molecule has 1 aliphatic heterocycles. The summed E-state index contributed by atoms with van der Waals surface area (Å²) >= 11 is 1.49. The Morgan fingerprint density at radius 3 is 2.75 bits per heavy atom. The van der Waals surface area contributed by atoms with Crippen molar-refractivity contribution in [2.75, 3.05) is 26.2 Å². The molecule has 0 saturated heterocycles. The van der Waals surface area contributed by atoms with E-state index in [1.54, 1.807) is 28.9 Å². The molecular weight excluding hydrogens is 580 g/mol. The lowest BCUT2D eigenvalue weighted by molar-refractivity contribution is -0.135. The predicted molar refractivity (Wildman–Crippen MR) is 164 cm³/mol. The van der Waals surface area contributed by atoms with Crippen molar-refractivity contribution in [3.63, 3.8) is 0 Å². The first kappa shape index (κ1) is 29.1. The quantitative estimate of drug-likeness (QED) is 0.320. The van der Waals surface area contributed by atoms with Crippen molar-refractivity contribution in [1.29, 1.82) is 0 Å². The Kier molecular flexibility index (Phi) is 8.64. The van der Waals surface area contributed by atoms with Crippen LogP contribution in [0.1, 0.15) is 41.3 Å². The van der Waals surface area contributed by atoms with Crippen LogP contribution in [0.3, 0.4) is 0 Å². The number of nitrogens with zero attached hydrogens (tertiary/aromatic N) is 6. The summed E-state index contributed by atoms with van der Waals surface area (Å²) < 4.78 is 9.56. The molecule has 3 aromatic heterocycles. The zero-order valence-electron chi connectivity index (χ0n) is 24.2. The van der Waals surface area contributed by atoms with E-state index in [0.717, 1.165) is 10.5 Å². The summed E-state index contributed by atoms with van der Waals surface area (Å²) in [6.07, 6.45) is 4.23. The molecule has 5 aromatic rings. The third-order valence-corrected chi connectivity index (χ3v) is 7.99. The van der Waals surface area contributed by atoms with Crippen molar-refractivity contribution in [1.82, 2.24) is 39.7 Å². The average molecular weight is 613 g/mol. The first-order valence-corrected chi connectivity index (χ1v) is 15.3. The molecular formula is C31H32N8O4S. The maximum atomic E-state index is 13.4. The summed E-state index contributed by atoms with van der Waals surface area (Å²) in [5.74, 6) is 0.850. The molecule has 0 fully saturated rings. The van der Waals surface area contributed by atoms with Gasteiger partial charge in [0.05, 0.1) is 31.2 Å². The normalized spacial score (nSPS) is 16.8. The number of aromatic nitrogens is 5. The van der Waals surface area contributed by atoms with E-state index < -0.39 is 6.04 Å². The van der Waals surface area contributed by atoms with E-state index in [0.29, 0.717) is 48.2 Å². The molecule has 2 aromatic carbocycles. The molecule has 1 aliphatic rings. The number of ether oxygens (including phenoxy) is 1. The highest BCUT2D eigenvalue weighted by Gasteiger charge is 2.23. The van der Waals surface area contributed by atoms with Gasteiger partial charge in [0.1, 0.15) is 18.2 Å². The van der Waals surface area contributed by atoms with Crippen LogP contribution in [0.15, 0.2) is 72.4 Å². The average Bonchev–Trinajstić information content (AvgIpc) is 3.74. The fraction of sp³-hybridized carbons (Fsp3) is 0.290. The highest BCUT2D eigenvalue weighted by Crippen LogP contribution is 2.20. The van der Waals surface area contributed by atoms with Gasteiger partial charge in [0.2, 0.25) is 11.8 Å². The Balaban J connectivity index is 1.25. The second-order valence-corrected chi connectivity index (χ2v) is 11.3. The molecule has 0 saturated carbocycles. The van der Waals surface area contributed by atoms with Crippen molar-refractivity contribution in [2.24, 2.45) is 0 Å². The molecule has 4 heterocycles. The van der Waals surface area contributed by atoms with E-state index in [-0.39, 0.29) is 43.8 Å². The van der Waals surface area contributed by atoms with E-state index in [9.17, 15) is 14.4 Å². The first-order chi connectivity index (χ1) is 21.4. The van der Waals surface area contributed by atoms with E-state index in [2.05, 4.69) is 15.6 Å². The fourth-order valence-corrected chi connectivity index (χ4v) is 5.76. The second-order valence-electron chi connectivity index (χ2n) is 10.5. The minimum absolute atomic E-state index is 0.0607. The molecule has 2 bridgehead atoms. The van der Waals surface area contributed by atoms with Crippen molar-refractivity contribution < 1.29 is 19.1 Å². The molecule has 12 nitrogen and oxygen atoms in total. The van der Waals surface area contributed by atoms with Crippen LogP contribution in [0.5, 0.6) is 5.75 Å². The van der Waals surface area contributed by atoms with Gasteiger partial charge in [0.25, 0.3) is 5.91 Å². The molecule has 6 rings (SSSR count). The second kappa shape index (κ2) is 13.1. The molecule has 3 amide bonds. The van der Waals surface area contributed by atoms with Crippen LogP contribution < -0.4 is 15.4 Å². The van der Waals surface area contributed by atoms with Gasteiger partial charge < -0.3 is 20.3 Å². The number of benzene rings is 2. The molecule has 0 radical (unpaired) electrons. The largest absolute Gasteiger partial charge is 0.492 e. The Labute approximate surface area is 257 Å². The lowest BCUT2D eigenvalue weighted by Crippen LogP contribution is -2.43. The minimum Gasteiger partial charge on any atom is -0.492 e. The number of carbonyl (C=O) groups is 3. The Morgan fingerprint density at radius 1 is 1.07 bits per heavy atom. The zero-order chi connectivity index (χ0) is 30.5. The summed E-state index contributed by atoms with van der Waals surface area (Å²) in [5.41, 5.74) is 1.95. The summed E-state index contributed by atoms with van der Waals surface area (Å²) in [6.45, 7) is 2.93. The van der Waals surface area contributed by atoms with Gasteiger partial charge in [-0.1, -0.05) is 36.4 Å². The standard InChI is InChI=1S/C31H32N8O4S/c1-21-29-35-28(22-7-3-2-4-8-22)36-39(29)13-15-43-25-10-5-9-23(17-25)30(42)32-11-6-12-37(20-26(40)33-21)27(41)18-24-19-38-14-16-44-31(38)34-24/h2-5,7-10,14,16-17,19,21H,6,11-13,15,18,20H2,1H3,(H,32,42)(H,33,40)/t21-/m0/s1. The van der Waals surface area contributed by atoms with Crippen LogP contribution in [0.2, 0.25) is 0 Å². The summed E-state index contributed by atoms with van der Waals surface area (Å²) in [4.78, 5) is 51.2. The smallest absolute Gasteiger partial charge is 0.251 e. The van der Waals surface area contributed by atoms with E-state index in [4.69, 9.17) is 14.8 Å². The maximum Gasteiger partial charge on any atom is 0.251 e. The van der Waals surface area contributed by atoms with Crippen molar-refractivity contribution in [2.45, 2.75) is 32.4 Å². The van der Waals surface area contributed by atoms with Crippen LogP contribution in [0, 0.1) is 0 Å². The first-order valence-electron chi connectivity index (χ1n) is 14.4. The number of imidazole rings is 1. The summed E-state index contributed by atoms with van der Waals surface area (Å²) in [7, 11) is 0. The Hall–Kier alpha value is -5.04. The van der Waals surface area contributed by atoms with Crippen LogP contribution in [0.25, 0.3) is 16.3 Å². The number of hydrogen-bond donors (Lipinski definition) is 2. The van der Waals surface area contributed by atoms with Gasteiger partial charge in [-0.25, -0.2) is 14.6 Å². The van der Waals surface area contributed by atoms with Gasteiger partial charge in [-0.3, -0.25) is 18.8 Å². The predicted octanol–water partition coefficient (Wildman–Crippen LogP) is 3.12. The van der Waals surface area contributed by atoms with Crippen LogP contribution in [-0.4, -0.2) is 73.0 Å². The van der Waals surface area contributed by atoms with E-state index in [1.165, 1.54) is 16.2 Å². The molecule has 0 aliphatic carbocycles. The minimum atomic E-state index is -0.495. The van der Waals surface area contributed by atoms with Crippen molar-refractivity contribution in [3.05, 3.63) is 89.5 Å². The number of carbonyl (C=O) groups excluding carboxylic acids is 3. The number of thiazole rings is 1. The molecule has 13 heteroatoms. The molecule has 1 atom stereocenters. The number of amides is 3. The van der Waals surface area contributed by atoms with Crippen LogP contribution >= 0.6 is 11.3 Å². The van der Waals surface area contributed by atoms with Gasteiger partial charge in [-0.2, -0.15) is 5.10 Å². The number of rotatable bonds is 3. The van der Waals surface area contributed by atoms with Crippen LogP contribution in [-0.2, 0) is 22.6 Å². The molecule has 226 valence electrons. The van der Waals surface area contributed by atoms with Gasteiger partial charge in [0, 0.05) is 42.0 Å². The Morgan fingerprint density at radius 2 is 1.91 bits per heavy atom.